The number of cyclic esters (lactones) is 1. The topological polar surface area (TPSA) is 83.8 Å². The number of ether oxygens (including phenoxy) is 1. The molecule has 0 aromatic carbocycles. The van der Waals surface area contributed by atoms with Crippen molar-refractivity contribution in [2.45, 2.75) is 12.0 Å². The molecule has 1 aliphatic rings. The minimum atomic E-state index is -1.99. The van der Waals surface area contributed by atoms with Crippen LogP contribution in [0, 0.1) is 0 Å². The number of esters is 1. The molecule has 1 aliphatic heterocycles. The highest BCUT2D eigenvalue weighted by Gasteiger charge is 2.45. The second kappa shape index (κ2) is 1.95. The van der Waals surface area contributed by atoms with Crippen molar-refractivity contribution in [3.05, 3.63) is 0 Å². The number of carbonyl (C=O) groups is 2. The second-order valence-electron chi connectivity index (χ2n) is 2.17. The maximum atomic E-state index is 10.3. The first-order chi connectivity index (χ1) is 4.54. The van der Waals surface area contributed by atoms with Gasteiger partial charge in [0.1, 0.15) is 6.61 Å². The van der Waals surface area contributed by atoms with Crippen LogP contribution in [0.15, 0.2) is 0 Å². The zero-order valence-corrected chi connectivity index (χ0v) is 5.03. The largest absolute Gasteiger partial charge is 0.479 e. The fourth-order valence-electron chi connectivity index (χ4n) is 0.678. The first kappa shape index (κ1) is 7.01. The van der Waals surface area contributed by atoms with E-state index in [0.717, 1.165) is 0 Å². The molecule has 0 saturated carbocycles. The lowest BCUT2D eigenvalue weighted by atomic mass is 10.0. The number of carboxylic acids is 1. The highest BCUT2D eigenvalue weighted by Crippen LogP contribution is 2.18. The van der Waals surface area contributed by atoms with Crippen molar-refractivity contribution in [3.63, 3.8) is 0 Å². The Morgan fingerprint density at radius 2 is 2.30 bits per heavy atom. The molecule has 0 aromatic rings. The van der Waals surface area contributed by atoms with E-state index in [1.165, 1.54) is 0 Å². The van der Waals surface area contributed by atoms with Crippen molar-refractivity contribution in [2.24, 2.45) is 0 Å². The van der Waals surface area contributed by atoms with Gasteiger partial charge in [-0.1, -0.05) is 0 Å². The fraction of sp³-hybridized carbons (Fsp3) is 0.600. The third-order valence-corrected chi connectivity index (χ3v) is 1.31. The van der Waals surface area contributed by atoms with E-state index in [4.69, 9.17) is 10.2 Å². The third-order valence-electron chi connectivity index (χ3n) is 1.31. The molecule has 1 saturated heterocycles. The lowest BCUT2D eigenvalue weighted by molar-refractivity contribution is -0.158. The molecule has 0 spiro atoms. The predicted molar refractivity (Wildman–Crippen MR) is 28.2 cm³/mol. The number of rotatable bonds is 1. The van der Waals surface area contributed by atoms with Crippen LogP contribution in [0.4, 0.5) is 0 Å². The van der Waals surface area contributed by atoms with Gasteiger partial charge in [-0.3, -0.25) is 4.79 Å². The van der Waals surface area contributed by atoms with Crippen LogP contribution in [0.2, 0.25) is 0 Å². The van der Waals surface area contributed by atoms with Crippen LogP contribution in [-0.2, 0) is 14.3 Å². The molecule has 0 unspecified atom stereocenters. The Hall–Kier alpha value is -1.10. The van der Waals surface area contributed by atoms with E-state index in [1.54, 1.807) is 0 Å². The molecule has 1 atom stereocenters. The molecular formula is C5H6O5. The molecule has 1 rings (SSSR count). The van der Waals surface area contributed by atoms with E-state index in [-0.39, 0.29) is 0 Å². The molecular weight excluding hydrogens is 140 g/mol. The van der Waals surface area contributed by atoms with Gasteiger partial charge in [0.25, 0.3) is 0 Å². The summed E-state index contributed by atoms with van der Waals surface area (Å²) >= 11 is 0. The first-order valence-electron chi connectivity index (χ1n) is 2.66. The Bertz CT molecular complexity index is 186. The van der Waals surface area contributed by atoms with Crippen molar-refractivity contribution in [1.82, 2.24) is 0 Å². The molecule has 0 radical (unpaired) electrons. The molecule has 10 heavy (non-hydrogen) atoms. The average Bonchev–Trinajstić information content (AvgIpc) is 2.13. The molecule has 56 valence electrons. The van der Waals surface area contributed by atoms with Crippen molar-refractivity contribution in [1.29, 1.82) is 0 Å². The standard InChI is InChI=1S/C5H6O5/c6-3-1-5(9,2-10-3)4(7)8/h9H,1-2H2,(H,7,8)/t5-/m0/s1. The van der Waals surface area contributed by atoms with Crippen LogP contribution in [-0.4, -0.2) is 34.4 Å². The quantitative estimate of drug-likeness (QED) is 0.451. The van der Waals surface area contributed by atoms with Gasteiger partial charge in [0.15, 0.2) is 0 Å². The van der Waals surface area contributed by atoms with E-state index >= 15 is 0 Å². The van der Waals surface area contributed by atoms with Crippen molar-refractivity contribution < 1.29 is 24.5 Å². The summed E-state index contributed by atoms with van der Waals surface area (Å²) in [4.78, 5) is 20.5. The molecule has 0 aliphatic carbocycles. The van der Waals surface area contributed by atoms with Crippen molar-refractivity contribution in [2.75, 3.05) is 6.61 Å². The number of carboxylic acid groups (broad SMARTS) is 1. The van der Waals surface area contributed by atoms with Gasteiger partial charge in [-0.2, -0.15) is 0 Å². The highest BCUT2D eigenvalue weighted by atomic mass is 16.6. The van der Waals surface area contributed by atoms with Crippen LogP contribution < -0.4 is 0 Å². The monoisotopic (exact) mass is 146 g/mol. The van der Waals surface area contributed by atoms with E-state index in [2.05, 4.69) is 4.74 Å². The summed E-state index contributed by atoms with van der Waals surface area (Å²) in [5, 5.41) is 17.3. The van der Waals surface area contributed by atoms with Gasteiger partial charge in [-0.15, -0.1) is 0 Å². The Balaban J connectivity index is 2.72. The van der Waals surface area contributed by atoms with Gasteiger partial charge in [-0.25, -0.2) is 4.79 Å². The Morgan fingerprint density at radius 1 is 1.70 bits per heavy atom. The number of carbonyl (C=O) groups excluding carboxylic acids is 1. The van der Waals surface area contributed by atoms with E-state index in [1.807, 2.05) is 0 Å². The summed E-state index contributed by atoms with van der Waals surface area (Å²) in [6, 6.07) is 0. The summed E-state index contributed by atoms with van der Waals surface area (Å²) in [6.07, 6.45) is -0.456. The highest BCUT2D eigenvalue weighted by molar-refractivity contribution is 5.87. The minimum Gasteiger partial charge on any atom is -0.479 e. The molecule has 1 fully saturated rings. The normalized spacial score (nSPS) is 31.9. The minimum absolute atomic E-state index is 0.443. The van der Waals surface area contributed by atoms with E-state index in [9.17, 15) is 9.59 Å². The maximum absolute atomic E-state index is 10.3. The smallest absolute Gasteiger partial charge is 0.339 e. The van der Waals surface area contributed by atoms with Gasteiger partial charge in [0.2, 0.25) is 5.60 Å². The summed E-state index contributed by atoms with van der Waals surface area (Å²) in [5.41, 5.74) is -1.99. The summed E-state index contributed by atoms with van der Waals surface area (Å²) in [6.45, 7) is -0.443. The van der Waals surface area contributed by atoms with Crippen LogP contribution in [0.25, 0.3) is 0 Å². The first-order valence-corrected chi connectivity index (χ1v) is 2.66. The van der Waals surface area contributed by atoms with Crippen LogP contribution >= 0.6 is 0 Å². The molecule has 0 amide bonds. The Kier molecular flexibility index (Phi) is 1.37. The summed E-state index contributed by atoms with van der Waals surface area (Å²) < 4.78 is 4.26. The number of aliphatic carboxylic acids is 1. The lowest BCUT2D eigenvalue weighted by Crippen LogP contribution is -2.38. The van der Waals surface area contributed by atoms with Crippen LogP contribution in [0.3, 0.4) is 0 Å². The molecule has 2 N–H and O–H groups in total. The van der Waals surface area contributed by atoms with Crippen LogP contribution in [0.1, 0.15) is 6.42 Å². The number of hydrogen-bond acceptors (Lipinski definition) is 4. The summed E-state index contributed by atoms with van der Waals surface area (Å²) in [5.74, 6) is -2.09. The zero-order chi connectivity index (χ0) is 7.78. The number of aliphatic hydroxyl groups is 1. The number of hydrogen-bond donors (Lipinski definition) is 2. The zero-order valence-electron chi connectivity index (χ0n) is 5.03. The Labute approximate surface area is 56.2 Å². The van der Waals surface area contributed by atoms with Crippen LogP contribution in [0.5, 0.6) is 0 Å². The van der Waals surface area contributed by atoms with Crippen molar-refractivity contribution in [3.8, 4) is 0 Å². The predicted octanol–water partition coefficient (Wildman–Crippen LogP) is -1.25. The SMILES string of the molecule is O=C1C[C@@](O)(C(=O)O)CO1. The Morgan fingerprint density at radius 3 is 2.50 bits per heavy atom. The molecule has 0 bridgehead atoms. The summed E-state index contributed by atoms with van der Waals surface area (Å²) in [7, 11) is 0. The van der Waals surface area contributed by atoms with Gasteiger partial charge in [0, 0.05) is 0 Å². The third kappa shape index (κ3) is 0.950. The van der Waals surface area contributed by atoms with E-state index in [0.29, 0.717) is 0 Å². The second-order valence-corrected chi connectivity index (χ2v) is 2.17. The van der Waals surface area contributed by atoms with Gasteiger partial charge in [-0.05, 0) is 0 Å². The molecule has 5 heteroatoms. The average molecular weight is 146 g/mol. The fourth-order valence-corrected chi connectivity index (χ4v) is 0.678. The van der Waals surface area contributed by atoms with Gasteiger partial charge >= 0.3 is 11.9 Å². The van der Waals surface area contributed by atoms with E-state index < -0.39 is 30.6 Å². The molecule has 5 nitrogen and oxygen atoms in total. The maximum Gasteiger partial charge on any atom is 0.339 e. The molecule has 0 aromatic heterocycles. The van der Waals surface area contributed by atoms with Gasteiger partial charge < -0.3 is 14.9 Å². The van der Waals surface area contributed by atoms with Gasteiger partial charge in [0.05, 0.1) is 6.42 Å². The van der Waals surface area contributed by atoms with Crippen molar-refractivity contribution >= 4 is 11.9 Å². The lowest BCUT2D eigenvalue weighted by Gasteiger charge is -2.10. The molecule has 1 heterocycles.